The van der Waals surface area contributed by atoms with Crippen LogP contribution in [-0.2, 0) is 5.54 Å². The molecule has 0 fully saturated rings. The Bertz CT molecular complexity index is 724. The van der Waals surface area contributed by atoms with Crippen LogP contribution in [0.1, 0.15) is 31.1 Å². The van der Waals surface area contributed by atoms with Gasteiger partial charge in [0.25, 0.3) is 0 Å². The predicted octanol–water partition coefficient (Wildman–Crippen LogP) is 2.04. The highest BCUT2D eigenvalue weighted by Gasteiger charge is 2.21. The van der Waals surface area contributed by atoms with Gasteiger partial charge in [-0.25, -0.2) is 4.79 Å². The first kappa shape index (κ1) is 13.1. The maximum absolute atomic E-state index is 12.2. The van der Waals surface area contributed by atoms with Gasteiger partial charge in [0, 0.05) is 17.4 Å². The Hall–Kier alpha value is -2.30. The Morgan fingerprint density at radius 3 is 2.47 bits per heavy atom. The van der Waals surface area contributed by atoms with Crippen molar-refractivity contribution in [2.75, 3.05) is 5.73 Å². The summed E-state index contributed by atoms with van der Waals surface area (Å²) in [6, 6.07) is 5.12. The number of benzene rings is 1. The minimum atomic E-state index is -1.24. The minimum absolute atomic E-state index is 0.261. The smallest absolute Gasteiger partial charge is 0.341 e. The van der Waals surface area contributed by atoms with Crippen molar-refractivity contribution in [1.82, 2.24) is 4.57 Å². The molecule has 0 radical (unpaired) electrons. The lowest BCUT2D eigenvalue weighted by atomic mass is 10.0. The maximum atomic E-state index is 12.2. The molecule has 3 N–H and O–H groups in total. The van der Waals surface area contributed by atoms with Crippen molar-refractivity contribution in [1.29, 1.82) is 0 Å². The number of nitrogen functional groups attached to an aromatic ring is 1. The van der Waals surface area contributed by atoms with Gasteiger partial charge in [-0.1, -0.05) is 6.07 Å². The molecule has 1 heterocycles. The summed E-state index contributed by atoms with van der Waals surface area (Å²) in [5.74, 6) is -1.24. The average molecular weight is 260 g/mol. The highest BCUT2D eigenvalue weighted by atomic mass is 16.4. The van der Waals surface area contributed by atoms with Crippen molar-refractivity contribution in [3.8, 4) is 0 Å². The van der Waals surface area contributed by atoms with E-state index in [4.69, 9.17) is 10.8 Å². The first-order chi connectivity index (χ1) is 8.73. The van der Waals surface area contributed by atoms with E-state index >= 15 is 0 Å². The van der Waals surface area contributed by atoms with E-state index in [0.29, 0.717) is 11.2 Å². The summed E-state index contributed by atoms with van der Waals surface area (Å²) < 4.78 is 1.77. The number of carbonyl (C=O) groups is 1. The molecule has 0 saturated carbocycles. The predicted molar refractivity (Wildman–Crippen MR) is 74.6 cm³/mol. The van der Waals surface area contributed by atoms with Crippen LogP contribution in [0.3, 0.4) is 0 Å². The Labute approximate surface area is 110 Å². The summed E-state index contributed by atoms with van der Waals surface area (Å²) in [6.07, 6.45) is 1.38. The van der Waals surface area contributed by atoms with Crippen LogP contribution in [0.4, 0.5) is 5.69 Å². The van der Waals surface area contributed by atoms with E-state index in [0.717, 1.165) is 0 Å². The quantitative estimate of drug-likeness (QED) is 0.768. The number of aromatic carboxylic acids is 1. The summed E-state index contributed by atoms with van der Waals surface area (Å²) in [5, 5.41) is 9.41. The van der Waals surface area contributed by atoms with Crippen LogP contribution in [0.5, 0.6) is 0 Å². The first-order valence-electron chi connectivity index (χ1n) is 5.91. The standard InChI is InChI=1S/C14H16N2O3/c1-14(2,3)16-7-8(13(18)19)12(17)11-9(15)5-4-6-10(11)16/h4-7H,15H2,1-3H3,(H,18,19). The number of hydrogen-bond acceptors (Lipinski definition) is 3. The molecule has 0 amide bonds. The van der Waals surface area contributed by atoms with E-state index in [-0.39, 0.29) is 16.5 Å². The van der Waals surface area contributed by atoms with Gasteiger partial charge in [0.1, 0.15) is 5.56 Å². The topological polar surface area (TPSA) is 85.3 Å². The molecule has 0 aliphatic heterocycles. The molecule has 0 spiro atoms. The third kappa shape index (κ3) is 2.07. The van der Waals surface area contributed by atoms with Crippen molar-refractivity contribution >= 4 is 22.6 Å². The van der Waals surface area contributed by atoms with E-state index in [1.807, 2.05) is 20.8 Å². The van der Waals surface area contributed by atoms with E-state index in [2.05, 4.69) is 0 Å². The molecular formula is C14H16N2O3. The summed E-state index contributed by atoms with van der Waals surface area (Å²) >= 11 is 0. The lowest BCUT2D eigenvalue weighted by Gasteiger charge is -2.26. The SMILES string of the molecule is CC(C)(C)n1cc(C(=O)O)c(=O)c2c(N)cccc21. The summed E-state index contributed by atoms with van der Waals surface area (Å²) in [7, 11) is 0. The zero-order valence-corrected chi connectivity index (χ0v) is 11.1. The van der Waals surface area contributed by atoms with Crippen molar-refractivity contribution in [2.24, 2.45) is 0 Å². The molecule has 2 rings (SSSR count). The number of nitrogens with two attached hydrogens (primary N) is 1. The number of fused-ring (bicyclic) bond motifs is 1. The number of carboxylic acids is 1. The number of nitrogens with zero attached hydrogens (tertiary/aromatic N) is 1. The van der Waals surface area contributed by atoms with Gasteiger partial charge in [-0.2, -0.15) is 0 Å². The molecule has 0 aliphatic rings. The molecule has 0 bridgehead atoms. The van der Waals surface area contributed by atoms with Gasteiger partial charge in [0.15, 0.2) is 0 Å². The highest BCUT2D eigenvalue weighted by Crippen LogP contribution is 2.24. The second kappa shape index (κ2) is 4.12. The highest BCUT2D eigenvalue weighted by molar-refractivity contribution is 5.97. The number of hydrogen-bond donors (Lipinski definition) is 2. The molecule has 2 aromatic rings. The third-order valence-corrected chi connectivity index (χ3v) is 3.02. The zero-order chi connectivity index (χ0) is 14.4. The van der Waals surface area contributed by atoms with Gasteiger partial charge in [0.05, 0.1) is 10.9 Å². The maximum Gasteiger partial charge on any atom is 0.341 e. The molecule has 0 aliphatic carbocycles. The fraction of sp³-hybridized carbons (Fsp3) is 0.286. The van der Waals surface area contributed by atoms with Crippen LogP contribution in [0.15, 0.2) is 29.2 Å². The summed E-state index contributed by atoms with van der Waals surface area (Å²) in [6.45, 7) is 5.81. The largest absolute Gasteiger partial charge is 0.477 e. The van der Waals surface area contributed by atoms with E-state index in [9.17, 15) is 9.59 Å². The van der Waals surface area contributed by atoms with Gasteiger partial charge >= 0.3 is 5.97 Å². The van der Waals surface area contributed by atoms with Gasteiger partial charge in [-0.05, 0) is 32.9 Å². The Morgan fingerprint density at radius 1 is 1.32 bits per heavy atom. The van der Waals surface area contributed by atoms with E-state index in [1.54, 1.807) is 22.8 Å². The normalized spacial score (nSPS) is 11.7. The summed E-state index contributed by atoms with van der Waals surface area (Å²) in [5.41, 5.74) is 5.61. The molecule has 0 saturated heterocycles. The number of anilines is 1. The van der Waals surface area contributed by atoms with Gasteiger partial charge in [-0.15, -0.1) is 0 Å². The Balaban J connectivity index is 3.06. The van der Waals surface area contributed by atoms with Gasteiger partial charge < -0.3 is 15.4 Å². The minimum Gasteiger partial charge on any atom is -0.477 e. The molecule has 5 nitrogen and oxygen atoms in total. The van der Waals surface area contributed by atoms with Crippen LogP contribution in [0.25, 0.3) is 10.9 Å². The van der Waals surface area contributed by atoms with Crippen molar-refractivity contribution in [3.05, 3.63) is 40.2 Å². The fourth-order valence-corrected chi connectivity index (χ4v) is 2.10. The third-order valence-electron chi connectivity index (χ3n) is 3.02. The fourth-order valence-electron chi connectivity index (χ4n) is 2.10. The van der Waals surface area contributed by atoms with Crippen molar-refractivity contribution in [2.45, 2.75) is 26.3 Å². The zero-order valence-electron chi connectivity index (χ0n) is 11.1. The average Bonchev–Trinajstić information content (AvgIpc) is 2.27. The van der Waals surface area contributed by atoms with Crippen LogP contribution < -0.4 is 11.2 Å². The van der Waals surface area contributed by atoms with Crippen LogP contribution in [0, 0.1) is 0 Å². The van der Waals surface area contributed by atoms with E-state index < -0.39 is 11.4 Å². The second-order valence-electron chi connectivity index (χ2n) is 5.46. The molecule has 100 valence electrons. The van der Waals surface area contributed by atoms with Crippen LogP contribution in [-0.4, -0.2) is 15.6 Å². The lowest BCUT2D eigenvalue weighted by Crippen LogP contribution is -2.28. The number of pyridine rings is 1. The second-order valence-corrected chi connectivity index (χ2v) is 5.46. The molecule has 1 aromatic carbocycles. The molecule has 1 aromatic heterocycles. The van der Waals surface area contributed by atoms with Crippen molar-refractivity contribution in [3.63, 3.8) is 0 Å². The first-order valence-corrected chi connectivity index (χ1v) is 5.91. The Kier molecular flexibility index (Phi) is 2.85. The van der Waals surface area contributed by atoms with Gasteiger partial charge in [-0.3, -0.25) is 4.79 Å². The van der Waals surface area contributed by atoms with E-state index in [1.165, 1.54) is 6.20 Å². The molecule has 19 heavy (non-hydrogen) atoms. The number of carboxylic acid groups (broad SMARTS) is 1. The number of rotatable bonds is 1. The lowest BCUT2D eigenvalue weighted by molar-refractivity contribution is 0.0694. The van der Waals surface area contributed by atoms with Crippen LogP contribution in [0.2, 0.25) is 0 Å². The van der Waals surface area contributed by atoms with Gasteiger partial charge in [0.2, 0.25) is 5.43 Å². The molecule has 5 heteroatoms. The molecule has 0 atom stereocenters. The molecule has 0 unspecified atom stereocenters. The molecular weight excluding hydrogens is 244 g/mol. The Morgan fingerprint density at radius 2 is 1.95 bits per heavy atom. The number of aromatic nitrogens is 1. The summed E-state index contributed by atoms with van der Waals surface area (Å²) in [4.78, 5) is 23.4. The monoisotopic (exact) mass is 260 g/mol. The van der Waals surface area contributed by atoms with Crippen LogP contribution >= 0.6 is 0 Å². The van der Waals surface area contributed by atoms with Crippen molar-refractivity contribution < 1.29 is 9.90 Å².